The molecule has 2 aliphatic heterocycles. The third-order valence-corrected chi connectivity index (χ3v) is 4.63. The maximum absolute atomic E-state index is 12.4. The van der Waals surface area contributed by atoms with Crippen molar-refractivity contribution in [3.05, 3.63) is 29.8 Å². The van der Waals surface area contributed by atoms with Crippen LogP contribution in [0.1, 0.15) is 24.2 Å². The van der Waals surface area contributed by atoms with E-state index in [9.17, 15) is 9.59 Å². The van der Waals surface area contributed by atoms with Crippen molar-refractivity contribution in [2.24, 2.45) is 5.92 Å². The molecule has 1 aromatic rings. The lowest BCUT2D eigenvalue weighted by Crippen LogP contribution is -2.48. The van der Waals surface area contributed by atoms with Gasteiger partial charge in [0.05, 0.1) is 12.7 Å². The molecule has 1 unspecified atom stereocenters. The van der Waals surface area contributed by atoms with E-state index < -0.39 is 0 Å². The van der Waals surface area contributed by atoms with Crippen molar-refractivity contribution in [1.82, 2.24) is 15.5 Å². The smallest absolute Gasteiger partial charge is 0.321 e. The van der Waals surface area contributed by atoms with Gasteiger partial charge >= 0.3 is 6.03 Å². The monoisotopic (exact) mass is 360 g/mol. The first-order chi connectivity index (χ1) is 12.5. The number of morpholine rings is 1. The molecule has 2 fully saturated rings. The molecule has 1 atom stereocenters. The molecule has 2 aliphatic rings. The number of carbonyl (C=O) groups is 2. The lowest BCUT2D eigenvalue weighted by Gasteiger charge is -2.33. The molecule has 7 nitrogen and oxygen atoms in total. The van der Waals surface area contributed by atoms with Crippen LogP contribution in [-0.2, 0) is 4.74 Å². The number of anilines is 1. The molecule has 2 saturated heterocycles. The topological polar surface area (TPSA) is 73.9 Å². The second kappa shape index (κ2) is 8.51. The highest BCUT2D eigenvalue weighted by molar-refractivity contribution is 5.97. The van der Waals surface area contributed by atoms with E-state index in [0.717, 1.165) is 25.3 Å². The van der Waals surface area contributed by atoms with Gasteiger partial charge in [-0.15, -0.1) is 0 Å². The Morgan fingerprint density at radius 3 is 2.73 bits per heavy atom. The first-order valence-electron chi connectivity index (χ1n) is 9.30. The van der Waals surface area contributed by atoms with Crippen molar-refractivity contribution in [2.45, 2.75) is 20.0 Å². The zero-order valence-corrected chi connectivity index (χ0v) is 15.5. The Bertz CT molecular complexity index is 632. The summed E-state index contributed by atoms with van der Waals surface area (Å²) >= 11 is 0. The highest BCUT2D eigenvalue weighted by atomic mass is 16.5. The fourth-order valence-corrected chi connectivity index (χ4v) is 3.41. The normalized spacial score (nSPS) is 21.1. The van der Waals surface area contributed by atoms with Crippen molar-refractivity contribution >= 4 is 17.6 Å². The number of amides is 3. The molecule has 2 N–H and O–H groups in total. The highest BCUT2D eigenvalue weighted by Crippen LogP contribution is 2.17. The Balaban J connectivity index is 1.49. The first-order valence-corrected chi connectivity index (χ1v) is 9.30. The van der Waals surface area contributed by atoms with Crippen molar-refractivity contribution < 1.29 is 14.3 Å². The Morgan fingerprint density at radius 2 is 2.08 bits per heavy atom. The van der Waals surface area contributed by atoms with Gasteiger partial charge in [-0.25, -0.2) is 4.79 Å². The van der Waals surface area contributed by atoms with Crippen molar-refractivity contribution in [3.8, 4) is 0 Å². The van der Waals surface area contributed by atoms with Crippen LogP contribution in [0.4, 0.5) is 10.5 Å². The Hall–Kier alpha value is -2.12. The number of ether oxygens (including phenoxy) is 1. The third kappa shape index (κ3) is 4.74. The molecule has 3 rings (SSSR count). The van der Waals surface area contributed by atoms with E-state index in [1.54, 1.807) is 29.2 Å². The van der Waals surface area contributed by atoms with Crippen LogP contribution in [0.25, 0.3) is 0 Å². The minimum Gasteiger partial charge on any atom is -0.374 e. The molecule has 7 heteroatoms. The average Bonchev–Trinajstić information content (AvgIpc) is 3.05. The van der Waals surface area contributed by atoms with Gasteiger partial charge in [0.25, 0.3) is 5.91 Å². The second-order valence-electron chi connectivity index (χ2n) is 7.29. The molecule has 0 radical (unpaired) electrons. The highest BCUT2D eigenvalue weighted by Gasteiger charge is 2.23. The van der Waals surface area contributed by atoms with Gasteiger partial charge in [0.15, 0.2) is 0 Å². The van der Waals surface area contributed by atoms with Crippen LogP contribution in [0.5, 0.6) is 0 Å². The molecule has 0 spiro atoms. The quantitative estimate of drug-likeness (QED) is 0.802. The van der Waals surface area contributed by atoms with Gasteiger partial charge in [0.1, 0.15) is 0 Å². The number of hydrogen-bond donors (Lipinski definition) is 2. The largest absolute Gasteiger partial charge is 0.374 e. The van der Waals surface area contributed by atoms with Crippen molar-refractivity contribution in [2.75, 3.05) is 50.8 Å². The summed E-state index contributed by atoms with van der Waals surface area (Å²) in [7, 11) is 0. The summed E-state index contributed by atoms with van der Waals surface area (Å²) in [6.45, 7) is 9.79. The van der Waals surface area contributed by atoms with Gasteiger partial charge < -0.3 is 15.4 Å². The van der Waals surface area contributed by atoms with Crippen molar-refractivity contribution in [1.29, 1.82) is 0 Å². The molecular formula is C19H28N4O3. The van der Waals surface area contributed by atoms with E-state index in [1.165, 1.54) is 0 Å². The zero-order chi connectivity index (χ0) is 18.5. The van der Waals surface area contributed by atoms with E-state index in [1.807, 2.05) is 0 Å². The summed E-state index contributed by atoms with van der Waals surface area (Å²) in [5, 5.41) is 5.72. The summed E-state index contributed by atoms with van der Waals surface area (Å²) in [4.78, 5) is 28.1. The number of rotatable bonds is 6. The minimum atomic E-state index is -0.119. The molecule has 0 bridgehead atoms. The Morgan fingerprint density at radius 1 is 1.31 bits per heavy atom. The lowest BCUT2D eigenvalue weighted by molar-refractivity contribution is -0.0295. The summed E-state index contributed by atoms with van der Waals surface area (Å²) < 4.78 is 5.77. The van der Waals surface area contributed by atoms with Gasteiger partial charge in [0.2, 0.25) is 0 Å². The van der Waals surface area contributed by atoms with Gasteiger partial charge in [0, 0.05) is 50.5 Å². The van der Waals surface area contributed by atoms with Crippen LogP contribution >= 0.6 is 0 Å². The average molecular weight is 360 g/mol. The number of nitrogens with zero attached hydrogens (tertiary/aromatic N) is 2. The molecule has 0 aromatic heterocycles. The van der Waals surface area contributed by atoms with Gasteiger partial charge in [-0.3, -0.25) is 14.6 Å². The van der Waals surface area contributed by atoms with Crippen LogP contribution in [0.15, 0.2) is 24.3 Å². The maximum Gasteiger partial charge on any atom is 0.321 e. The van der Waals surface area contributed by atoms with Gasteiger partial charge in [-0.1, -0.05) is 13.8 Å². The van der Waals surface area contributed by atoms with Crippen LogP contribution in [-0.4, -0.2) is 68.8 Å². The van der Waals surface area contributed by atoms with Gasteiger partial charge in [-0.2, -0.15) is 0 Å². The minimum absolute atomic E-state index is 0.0269. The van der Waals surface area contributed by atoms with E-state index in [2.05, 4.69) is 29.4 Å². The number of benzene rings is 1. The molecule has 1 aromatic carbocycles. The van der Waals surface area contributed by atoms with E-state index in [-0.39, 0.29) is 18.0 Å². The van der Waals surface area contributed by atoms with Crippen LogP contribution < -0.4 is 15.5 Å². The molecule has 142 valence electrons. The van der Waals surface area contributed by atoms with Crippen molar-refractivity contribution in [3.63, 3.8) is 0 Å². The summed E-state index contributed by atoms with van der Waals surface area (Å²) in [5.74, 6) is 0.506. The summed E-state index contributed by atoms with van der Waals surface area (Å²) in [5.41, 5.74) is 1.39. The number of nitrogens with one attached hydrogen (secondary N) is 2. The maximum atomic E-state index is 12.4. The molecule has 0 aliphatic carbocycles. The third-order valence-electron chi connectivity index (χ3n) is 4.63. The fraction of sp³-hybridized carbons (Fsp3) is 0.579. The predicted molar refractivity (Wildman–Crippen MR) is 101 cm³/mol. The zero-order valence-electron chi connectivity index (χ0n) is 15.5. The van der Waals surface area contributed by atoms with Crippen LogP contribution in [0, 0.1) is 5.92 Å². The lowest BCUT2D eigenvalue weighted by atomic mass is 10.1. The van der Waals surface area contributed by atoms with E-state index in [4.69, 9.17) is 4.74 Å². The molecule has 26 heavy (non-hydrogen) atoms. The Kier molecular flexibility index (Phi) is 6.11. The summed E-state index contributed by atoms with van der Waals surface area (Å²) in [6.07, 6.45) is 0.0269. The van der Waals surface area contributed by atoms with Crippen LogP contribution in [0.2, 0.25) is 0 Å². The number of urea groups is 1. The molecule has 0 saturated carbocycles. The van der Waals surface area contributed by atoms with Gasteiger partial charge in [-0.05, 0) is 30.2 Å². The molecule has 2 heterocycles. The summed E-state index contributed by atoms with van der Waals surface area (Å²) in [6, 6.07) is 7.02. The molecule has 3 amide bonds. The molecular weight excluding hydrogens is 332 g/mol. The first kappa shape index (κ1) is 18.7. The van der Waals surface area contributed by atoms with E-state index in [0.29, 0.717) is 37.7 Å². The Labute approximate surface area is 154 Å². The number of hydrogen-bond acceptors (Lipinski definition) is 4. The van der Waals surface area contributed by atoms with E-state index >= 15 is 0 Å². The SMILES string of the molecule is CC(C)CN1CCOC(CNC(=O)c2ccc(N3CCNC3=O)cc2)C1. The number of carbonyl (C=O) groups excluding carboxylic acids is 2. The van der Waals surface area contributed by atoms with Crippen LogP contribution in [0.3, 0.4) is 0 Å². The standard InChI is InChI=1S/C19H28N4O3/c1-14(2)12-22-9-10-26-17(13-22)11-21-18(24)15-3-5-16(6-4-15)23-8-7-20-19(23)25/h3-6,14,17H,7-13H2,1-2H3,(H,20,25)(H,21,24). The predicted octanol–water partition coefficient (Wildman–Crippen LogP) is 1.30. The fourth-order valence-electron chi connectivity index (χ4n) is 3.41. The second-order valence-corrected chi connectivity index (χ2v) is 7.29.